The molecule has 2 aromatic carbocycles. The monoisotopic (exact) mass is 406 g/mol. The molecule has 6 nitrogen and oxygen atoms in total. The second-order valence-electron chi connectivity index (χ2n) is 6.99. The Balaban J connectivity index is 1.60. The SMILES string of the molecule is COc1ccc([C@H](C#N)NCCCCCCN[C@H](C#N)c2ccc(OC)cc2)cc1. The van der Waals surface area contributed by atoms with Crippen molar-refractivity contribution in [1.82, 2.24) is 10.6 Å². The highest BCUT2D eigenvalue weighted by atomic mass is 16.5. The lowest BCUT2D eigenvalue weighted by molar-refractivity contribution is 0.414. The molecule has 0 unspecified atom stereocenters. The van der Waals surface area contributed by atoms with Crippen molar-refractivity contribution in [3.05, 3.63) is 59.7 Å². The first-order valence-electron chi connectivity index (χ1n) is 10.3. The van der Waals surface area contributed by atoms with Gasteiger partial charge in [0.2, 0.25) is 0 Å². The Morgan fingerprint density at radius 2 is 1.03 bits per heavy atom. The van der Waals surface area contributed by atoms with Crippen LogP contribution in [0.3, 0.4) is 0 Å². The van der Waals surface area contributed by atoms with Gasteiger partial charge in [0.1, 0.15) is 23.6 Å². The molecule has 0 amide bonds. The van der Waals surface area contributed by atoms with Crippen molar-refractivity contribution in [3.8, 4) is 23.6 Å². The predicted molar refractivity (Wildman–Crippen MR) is 117 cm³/mol. The molecule has 0 heterocycles. The molecule has 2 N–H and O–H groups in total. The van der Waals surface area contributed by atoms with E-state index in [1.807, 2.05) is 48.5 Å². The van der Waals surface area contributed by atoms with Crippen LogP contribution in [0.15, 0.2) is 48.5 Å². The normalized spacial score (nSPS) is 12.4. The number of unbranched alkanes of at least 4 members (excludes halogenated alkanes) is 3. The summed E-state index contributed by atoms with van der Waals surface area (Å²) < 4.78 is 10.3. The van der Waals surface area contributed by atoms with Gasteiger partial charge in [-0.2, -0.15) is 10.5 Å². The smallest absolute Gasteiger partial charge is 0.121 e. The molecule has 0 fully saturated rings. The van der Waals surface area contributed by atoms with Gasteiger partial charge >= 0.3 is 0 Å². The van der Waals surface area contributed by atoms with Gasteiger partial charge < -0.3 is 9.47 Å². The number of nitriles is 2. The van der Waals surface area contributed by atoms with Crippen molar-refractivity contribution < 1.29 is 9.47 Å². The lowest BCUT2D eigenvalue weighted by Gasteiger charge is -2.13. The average Bonchev–Trinajstić information content (AvgIpc) is 2.81. The molecule has 0 aliphatic carbocycles. The van der Waals surface area contributed by atoms with Crippen LogP contribution in [0.2, 0.25) is 0 Å². The summed E-state index contributed by atoms with van der Waals surface area (Å²) in [7, 11) is 3.26. The molecular weight excluding hydrogens is 376 g/mol. The van der Waals surface area contributed by atoms with Crippen LogP contribution in [0.4, 0.5) is 0 Å². The average molecular weight is 407 g/mol. The summed E-state index contributed by atoms with van der Waals surface area (Å²) in [6.07, 6.45) is 4.17. The van der Waals surface area contributed by atoms with E-state index in [-0.39, 0.29) is 12.1 Å². The Bertz CT molecular complexity index is 751. The summed E-state index contributed by atoms with van der Waals surface area (Å²) in [4.78, 5) is 0. The number of hydrogen-bond acceptors (Lipinski definition) is 6. The van der Waals surface area contributed by atoms with Crippen LogP contribution in [0.1, 0.15) is 48.9 Å². The van der Waals surface area contributed by atoms with Crippen LogP contribution >= 0.6 is 0 Å². The molecule has 158 valence electrons. The Labute approximate surface area is 179 Å². The van der Waals surface area contributed by atoms with Crippen molar-refractivity contribution in [2.45, 2.75) is 37.8 Å². The van der Waals surface area contributed by atoms with E-state index in [1.165, 1.54) is 0 Å². The number of hydrogen-bond donors (Lipinski definition) is 2. The third-order valence-corrected chi connectivity index (χ3v) is 4.96. The summed E-state index contributed by atoms with van der Waals surface area (Å²) in [6.45, 7) is 1.59. The van der Waals surface area contributed by atoms with Crippen LogP contribution in [-0.2, 0) is 0 Å². The molecular formula is C24H30N4O2. The van der Waals surface area contributed by atoms with Gasteiger partial charge in [0.25, 0.3) is 0 Å². The Hall–Kier alpha value is -3.06. The molecule has 6 heteroatoms. The van der Waals surface area contributed by atoms with Gasteiger partial charge in [0.05, 0.1) is 26.4 Å². The predicted octanol–water partition coefficient (Wildman–Crippen LogP) is 4.27. The maximum absolute atomic E-state index is 9.39. The molecule has 30 heavy (non-hydrogen) atoms. The van der Waals surface area contributed by atoms with Crippen molar-refractivity contribution in [1.29, 1.82) is 10.5 Å². The summed E-state index contributed by atoms with van der Waals surface area (Å²) in [6, 6.07) is 19.1. The van der Waals surface area contributed by atoms with E-state index in [2.05, 4.69) is 22.8 Å². The molecule has 0 saturated heterocycles. The molecule has 0 aliphatic rings. The lowest BCUT2D eigenvalue weighted by Crippen LogP contribution is -2.22. The van der Waals surface area contributed by atoms with E-state index in [1.54, 1.807) is 14.2 Å². The first kappa shape index (κ1) is 23.2. The van der Waals surface area contributed by atoms with Gasteiger partial charge in [-0.3, -0.25) is 10.6 Å². The van der Waals surface area contributed by atoms with Crippen LogP contribution < -0.4 is 20.1 Å². The zero-order valence-corrected chi connectivity index (χ0v) is 17.7. The van der Waals surface area contributed by atoms with Gasteiger partial charge in [0.15, 0.2) is 0 Å². The Morgan fingerprint density at radius 1 is 0.667 bits per heavy atom. The molecule has 0 radical (unpaired) electrons. The fraction of sp³-hybridized carbons (Fsp3) is 0.417. The summed E-state index contributed by atoms with van der Waals surface area (Å²) >= 11 is 0. The highest BCUT2D eigenvalue weighted by Crippen LogP contribution is 2.18. The summed E-state index contributed by atoms with van der Waals surface area (Å²) in [5.74, 6) is 1.57. The minimum atomic E-state index is -0.307. The molecule has 0 spiro atoms. The minimum absolute atomic E-state index is 0.307. The van der Waals surface area contributed by atoms with Crippen molar-refractivity contribution in [2.75, 3.05) is 27.3 Å². The number of methoxy groups -OCH3 is 2. The molecule has 0 aliphatic heterocycles. The Morgan fingerprint density at radius 3 is 1.33 bits per heavy atom. The van der Waals surface area contributed by atoms with E-state index in [4.69, 9.17) is 9.47 Å². The first-order valence-corrected chi connectivity index (χ1v) is 10.3. The van der Waals surface area contributed by atoms with Gasteiger partial charge in [-0.15, -0.1) is 0 Å². The van der Waals surface area contributed by atoms with Crippen molar-refractivity contribution >= 4 is 0 Å². The van der Waals surface area contributed by atoms with Gasteiger partial charge in [0, 0.05) is 0 Å². The number of nitrogens with one attached hydrogen (secondary N) is 2. The van der Waals surface area contributed by atoms with Crippen molar-refractivity contribution in [3.63, 3.8) is 0 Å². The molecule has 2 rings (SSSR count). The second-order valence-corrected chi connectivity index (χ2v) is 6.99. The van der Waals surface area contributed by atoms with E-state index >= 15 is 0 Å². The summed E-state index contributed by atoms with van der Waals surface area (Å²) in [5.41, 5.74) is 1.90. The fourth-order valence-electron chi connectivity index (χ4n) is 3.17. The number of benzene rings is 2. The number of nitrogens with zero attached hydrogens (tertiary/aromatic N) is 2. The topological polar surface area (TPSA) is 90.1 Å². The minimum Gasteiger partial charge on any atom is -0.497 e. The van der Waals surface area contributed by atoms with Crippen LogP contribution in [0, 0.1) is 22.7 Å². The highest BCUT2D eigenvalue weighted by molar-refractivity contribution is 5.32. The van der Waals surface area contributed by atoms with Crippen molar-refractivity contribution in [2.24, 2.45) is 0 Å². The zero-order chi connectivity index (χ0) is 21.6. The van der Waals surface area contributed by atoms with Crippen LogP contribution in [0.25, 0.3) is 0 Å². The van der Waals surface area contributed by atoms with Crippen LogP contribution in [-0.4, -0.2) is 27.3 Å². The molecule has 0 bridgehead atoms. The van der Waals surface area contributed by atoms with Crippen LogP contribution in [0.5, 0.6) is 11.5 Å². The first-order chi connectivity index (χ1) is 14.7. The van der Waals surface area contributed by atoms with Gasteiger partial charge in [-0.1, -0.05) is 37.1 Å². The maximum atomic E-state index is 9.39. The van der Waals surface area contributed by atoms with Gasteiger partial charge in [-0.25, -0.2) is 0 Å². The molecule has 0 aromatic heterocycles. The molecule has 2 atom stereocenters. The number of ether oxygens (including phenoxy) is 2. The quantitative estimate of drug-likeness (QED) is 0.483. The standard InChI is InChI=1S/C24H30N4O2/c1-29-21-11-7-19(8-12-21)23(17-25)27-15-5-3-4-6-16-28-24(18-26)20-9-13-22(30-2)14-10-20/h7-14,23-24,27-28H,3-6,15-16H2,1-2H3/t23-,24+. The third-order valence-electron chi connectivity index (χ3n) is 4.96. The van der Waals surface area contributed by atoms with E-state index in [9.17, 15) is 10.5 Å². The molecule has 0 saturated carbocycles. The maximum Gasteiger partial charge on any atom is 0.121 e. The van der Waals surface area contributed by atoms with E-state index in [0.29, 0.717) is 0 Å². The zero-order valence-electron chi connectivity index (χ0n) is 17.7. The highest BCUT2D eigenvalue weighted by Gasteiger charge is 2.10. The van der Waals surface area contributed by atoms with E-state index in [0.717, 1.165) is 61.4 Å². The lowest BCUT2D eigenvalue weighted by atomic mass is 10.1. The third kappa shape index (κ3) is 7.40. The van der Waals surface area contributed by atoms with Gasteiger partial charge in [-0.05, 0) is 61.3 Å². The largest absolute Gasteiger partial charge is 0.497 e. The molecule has 2 aromatic rings. The fourth-order valence-corrected chi connectivity index (χ4v) is 3.17. The van der Waals surface area contributed by atoms with E-state index < -0.39 is 0 Å². The second kappa shape index (κ2) is 13.2. The summed E-state index contributed by atoms with van der Waals surface area (Å²) in [5, 5.41) is 25.4. The number of rotatable bonds is 13. The Kier molecular flexibility index (Phi) is 10.2.